The number of alkyl carbamates (subject to hydrolysis) is 1. The number of fused-ring (bicyclic) bond motifs is 1. The van der Waals surface area contributed by atoms with Crippen molar-refractivity contribution in [1.82, 2.24) is 15.0 Å². The van der Waals surface area contributed by atoms with Gasteiger partial charge >= 0.3 is 6.09 Å². The maximum Gasteiger partial charge on any atom is 0.408 e. The molecular formula is C20H29N3O6S2. The van der Waals surface area contributed by atoms with Crippen LogP contribution < -0.4 is 10.0 Å². The van der Waals surface area contributed by atoms with Gasteiger partial charge in [-0.05, 0) is 60.6 Å². The minimum atomic E-state index is -4.25. The van der Waals surface area contributed by atoms with Crippen molar-refractivity contribution in [1.29, 1.82) is 0 Å². The second kappa shape index (κ2) is 9.09. The third-order valence-electron chi connectivity index (χ3n) is 3.70. The lowest BCUT2D eigenvalue weighted by atomic mass is 10.1. The Kier molecular flexibility index (Phi) is 7.34. The summed E-state index contributed by atoms with van der Waals surface area (Å²) in [7, 11) is -4.25. The summed E-state index contributed by atoms with van der Waals surface area (Å²) in [5.74, 6) is -0.957. The number of rotatable bonds is 6. The molecule has 2 rings (SSSR count). The lowest BCUT2D eigenvalue weighted by molar-refractivity contribution is -0.129. The zero-order chi connectivity index (χ0) is 23.6. The number of benzene rings is 1. The molecule has 0 aliphatic carbocycles. The highest BCUT2D eigenvalue weighted by molar-refractivity contribution is 7.92. The second-order valence-corrected chi connectivity index (χ2v) is 11.9. The molecular weight excluding hydrogens is 442 g/mol. The fourth-order valence-electron chi connectivity index (χ4n) is 2.66. The molecule has 0 radical (unpaired) electrons. The Balaban J connectivity index is 2.26. The molecule has 1 aromatic heterocycles. The van der Waals surface area contributed by atoms with Crippen LogP contribution in [0.15, 0.2) is 28.6 Å². The van der Waals surface area contributed by atoms with Gasteiger partial charge in [-0.25, -0.2) is 14.5 Å². The maximum atomic E-state index is 12.9. The Bertz CT molecular complexity index is 1020. The van der Waals surface area contributed by atoms with Gasteiger partial charge in [0.2, 0.25) is 4.34 Å². The van der Waals surface area contributed by atoms with Crippen molar-refractivity contribution in [2.45, 2.75) is 76.2 Å². The van der Waals surface area contributed by atoms with Crippen LogP contribution >= 0.6 is 11.3 Å². The van der Waals surface area contributed by atoms with E-state index in [4.69, 9.17) is 9.47 Å². The summed E-state index contributed by atoms with van der Waals surface area (Å²) in [6.07, 6.45) is -1.72. The Morgan fingerprint density at radius 2 is 1.68 bits per heavy atom. The minimum absolute atomic E-state index is 0.248. The molecule has 0 aliphatic heterocycles. The van der Waals surface area contributed by atoms with Crippen molar-refractivity contribution in [3.63, 3.8) is 0 Å². The van der Waals surface area contributed by atoms with Crippen LogP contribution in [0, 0.1) is 0 Å². The number of amides is 2. The molecule has 1 heterocycles. The van der Waals surface area contributed by atoms with E-state index in [0.717, 1.165) is 11.3 Å². The first kappa shape index (κ1) is 25.0. The monoisotopic (exact) mass is 471 g/mol. The molecule has 2 aromatic rings. The molecule has 0 bridgehead atoms. The van der Waals surface area contributed by atoms with Crippen LogP contribution in [0.2, 0.25) is 0 Å². The molecule has 0 saturated carbocycles. The number of ether oxygens (including phenoxy) is 2. The van der Waals surface area contributed by atoms with Gasteiger partial charge < -0.3 is 14.8 Å². The van der Waals surface area contributed by atoms with Gasteiger partial charge in [-0.15, -0.1) is 11.3 Å². The van der Waals surface area contributed by atoms with Crippen LogP contribution in [0.3, 0.4) is 0 Å². The average Bonchev–Trinajstić information content (AvgIpc) is 3.01. The normalized spacial score (nSPS) is 14.7. The van der Waals surface area contributed by atoms with Crippen molar-refractivity contribution in [2.75, 3.05) is 0 Å². The van der Waals surface area contributed by atoms with Gasteiger partial charge in [0.1, 0.15) is 11.6 Å². The molecule has 0 spiro atoms. The van der Waals surface area contributed by atoms with Gasteiger partial charge in [0, 0.05) is 0 Å². The fraction of sp³-hybridized carbons (Fsp3) is 0.550. The highest BCUT2D eigenvalue weighted by Crippen LogP contribution is 2.25. The smallest absolute Gasteiger partial charge is 0.408 e. The fourth-order valence-corrected chi connectivity index (χ4v) is 4.89. The van der Waals surface area contributed by atoms with E-state index in [0.29, 0.717) is 10.2 Å². The van der Waals surface area contributed by atoms with Crippen molar-refractivity contribution < 1.29 is 27.5 Å². The lowest BCUT2D eigenvalue weighted by Gasteiger charge is -2.31. The summed E-state index contributed by atoms with van der Waals surface area (Å²) < 4.78 is 39.0. The number of hydrogen-bond donors (Lipinski definition) is 2. The summed E-state index contributed by atoms with van der Waals surface area (Å²) >= 11 is 0.941. The summed E-state index contributed by atoms with van der Waals surface area (Å²) in [5, 5.41) is 2.42. The minimum Gasteiger partial charge on any atom is -0.444 e. The number of hydrogen-bond acceptors (Lipinski definition) is 8. The third-order valence-corrected chi connectivity index (χ3v) is 6.46. The number of aromatic nitrogens is 1. The van der Waals surface area contributed by atoms with Crippen LogP contribution in [-0.4, -0.2) is 48.8 Å². The van der Waals surface area contributed by atoms with Gasteiger partial charge in [-0.1, -0.05) is 12.1 Å². The summed E-state index contributed by atoms with van der Waals surface area (Å²) in [6.45, 7) is 11.9. The number of nitrogens with zero attached hydrogens (tertiary/aromatic N) is 1. The molecule has 2 N–H and O–H groups in total. The van der Waals surface area contributed by atoms with Crippen LogP contribution in [0.1, 0.15) is 48.5 Å². The topological polar surface area (TPSA) is 124 Å². The molecule has 172 valence electrons. The summed E-state index contributed by atoms with van der Waals surface area (Å²) in [6, 6.07) is 5.60. The highest BCUT2D eigenvalue weighted by atomic mass is 32.2. The number of para-hydroxylation sites is 1. The number of thiazole rings is 1. The van der Waals surface area contributed by atoms with Crippen molar-refractivity contribution in [3.05, 3.63) is 24.3 Å². The molecule has 2 atom stereocenters. The summed E-state index contributed by atoms with van der Waals surface area (Å²) in [5.41, 5.74) is -0.931. The average molecular weight is 472 g/mol. The van der Waals surface area contributed by atoms with Gasteiger partial charge in [0.15, 0.2) is 0 Å². The number of carbonyl (C=O) groups excluding carboxylic acids is 2. The molecule has 9 nitrogen and oxygen atoms in total. The van der Waals surface area contributed by atoms with Crippen LogP contribution in [0.25, 0.3) is 10.2 Å². The highest BCUT2D eigenvalue weighted by Gasteiger charge is 2.35. The van der Waals surface area contributed by atoms with Crippen molar-refractivity contribution >= 4 is 43.6 Å². The van der Waals surface area contributed by atoms with Crippen molar-refractivity contribution in [2.24, 2.45) is 0 Å². The first-order valence-electron chi connectivity index (χ1n) is 9.67. The first-order valence-corrected chi connectivity index (χ1v) is 12.0. The van der Waals surface area contributed by atoms with E-state index in [-0.39, 0.29) is 4.34 Å². The lowest BCUT2D eigenvalue weighted by Crippen LogP contribution is -2.56. The van der Waals surface area contributed by atoms with Gasteiger partial charge in [0.05, 0.1) is 21.9 Å². The SMILES string of the molecule is CC(OC(C)(C)C)C(NC(=O)OC(C)(C)C)C(=O)NS(=O)(=O)c1nc2ccccc2s1. The molecule has 0 fully saturated rings. The van der Waals surface area contributed by atoms with E-state index in [1.807, 2.05) is 4.72 Å². The van der Waals surface area contributed by atoms with Crippen molar-refractivity contribution in [3.8, 4) is 0 Å². The first-order chi connectivity index (χ1) is 14.1. The standard InChI is InChI=1S/C20H29N3O6S2/c1-12(28-19(2,3)4)15(22-17(25)29-20(5,6)7)16(24)23-31(26,27)18-21-13-10-8-9-11-14(13)30-18/h8-12,15H,1-7H3,(H,22,25)(H,23,24). The molecule has 0 saturated heterocycles. The van der Waals surface area contributed by atoms with Crippen LogP contribution in [0.4, 0.5) is 4.79 Å². The Morgan fingerprint density at radius 3 is 2.23 bits per heavy atom. The number of nitrogens with one attached hydrogen (secondary N) is 2. The van der Waals surface area contributed by atoms with E-state index in [9.17, 15) is 18.0 Å². The molecule has 2 amide bonds. The molecule has 11 heteroatoms. The van der Waals surface area contributed by atoms with Gasteiger partial charge in [0.25, 0.3) is 15.9 Å². The quantitative estimate of drug-likeness (QED) is 0.663. The number of sulfonamides is 1. The molecule has 31 heavy (non-hydrogen) atoms. The predicted molar refractivity (Wildman–Crippen MR) is 118 cm³/mol. The number of carbonyl (C=O) groups is 2. The second-order valence-electron chi connectivity index (χ2n) is 8.98. The van der Waals surface area contributed by atoms with Gasteiger partial charge in [-0.2, -0.15) is 8.42 Å². The van der Waals surface area contributed by atoms with E-state index in [1.54, 1.807) is 72.7 Å². The van der Waals surface area contributed by atoms with Gasteiger partial charge in [-0.3, -0.25) is 4.79 Å². The Morgan fingerprint density at radius 1 is 1.06 bits per heavy atom. The van der Waals surface area contributed by atoms with Crippen LogP contribution in [-0.2, 0) is 24.3 Å². The van der Waals surface area contributed by atoms with E-state index in [1.165, 1.54) is 0 Å². The molecule has 2 unspecified atom stereocenters. The molecule has 0 aliphatic rings. The largest absolute Gasteiger partial charge is 0.444 e. The maximum absolute atomic E-state index is 12.9. The Hall–Kier alpha value is -2.24. The summed E-state index contributed by atoms with van der Waals surface area (Å²) in [4.78, 5) is 29.3. The predicted octanol–water partition coefficient (Wildman–Crippen LogP) is 3.20. The van der Waals surface area contributed by atoms with E-state index < -0.39 is 45.4 Å². The Labute approximate surface area is 186 Å². The molecule has 1 aromatic carbocycles. The zero-order valence-electron chi connectivity index (χ0n) is 18.7. The van der Waals surface area contributed by atoms with E-state index >= 15 is 0 Å². The zero-order valence-corrected chi connectivity index (χ0v) is 20.3. The third kappa shape index (κ3) is 7.44. The van der Waals surface area contributed by atoms with Crippen LogP contribution in [0.5, 0.6) is 0 Å². The van der Waals surface area contributed by atoms with E-state index in [2.05, 4.69) is 10.3 Å².